The van der Waals surface area contributed by atoms with Crippen molar-refractivity contribution in [3.63, 3.8) is 0 Å². The Morgan fingerprint density at radius 2 is 2.00 bits per heavy atom. The van der Waals surface area contributed by atoms with Crippen molar-refractivity contribution in [2.75, 3.05) is 25.1 Å². The summed E-state index contributed by atoms with van der Waals surface area (Å²) in [6.07, 6.45) is 3.57. The van der Waals surface area contributed by atoms with Gasteiger partial charge in [-0.3, -0.25) is 4.79 Å². The first-order valence-electron chi connectivity index (χ1n) is 10.4. The second-order valence-electron chi connectivity index (χ2n) is 7.48. The Morgan fingerprint density at radius 3 is 2.77 bits per heavy atom. The molecule has 1 fully saturated rings. The van der Waals surface area contributed by atoms with E-state index in [1.807, 2.05) is 42.5 Å². The molecule has 1 atom stereocenters. The molecule has 1 unspecified atom stereocenters. The van der Waals surface area contributed by atoms with E-state index in [1.54, 1.807) is 31.5 Å². The number of nitrogens with zero attached hydrogens (tertiary/aromatic N) is 3. The summed E-state index contributed by atoms with van der Waals surface area (Å²) in [5.74, 6) is 1.85. The Balaban J connectivity index is 1.39. The zero-order valence-corrected chi connectivity index (χ0v) is 17.5. The topological polar surface area (TPSA) is 76.6 Å². The summed E-state index contributed by atoms with van der Waals surface area (Å²) in [5, 5.41) is 11.3. The van der Waals surface area contributed by atoms with Crippen molar-refractivity contribution in [2.24, 2.45) is 0 Å². The quantitative estimate of drug-likeness (QED) is 0.633. The number of carbonyl (C=O) groups excluding carboxylic acids is 1. The second kappa shape index (κ2) is 9.93. The molecule has 4 rings (SSSR count). The van der Waals surface area contributed by atoms with Crippen LogP contribution in [0.25, 0.3) is 0 Å². The summed E-state index contributed by atoms with van der Waals surface area (Å²) in [4.78, 5) is 15.0. The van der Waals surface area contributed by atoms with E-state index in [-0.39, 0.29) is 11.9 Å². The fourth-order valence-corrected chi connectivity index (χ4v) is 3.70. The van der Waals surface area contributed by atoms with Crippen LogP contribution in [0.3, 0.4) is 0 Å². The molecular weight excluding hydrogens is 392 g/mol. The van der Waals surface area contributed by atoms with Gasteiger partial charge in [0.05, 0.1) is 7.11 Å². The maximum absolute atomic E-state index is 12.9. The molecule has 1 amide bonds. The molecule has 1 saturated heterocycles. The molecule has 7 nitrogen and oxygen atoms in total. The Bertz CT molecular complexity index is 998. The van der Waals surface area contributed by atoms with Crippen LogP contribution in [0.1, 0.15) is 28.8 Å². The van der Waals surface area contributed by atoms with Crippen LogP contribution in [0.4, 0.5) is 5.82 Å². The number of anilines is 1. The molecule has 1 aliphatic rings. The molecule has 3 aromatic rings. The van der Waals surface area contributed by atoms with Gasteiger partial charge >= 0.3 is 0 Å². The Labute approximate surface area is 182 Å². The minimum Gasteiger partial charge on any atom is -0.493 e. The molecule has 2 aromatic carbocycles. The third kappa shape index (κ3) is 5.31. The molecule has 7 heteroatoms. The minimum atomic E-state index is -0.126. The summed E-state index contributed by atoms with van der Waals surface area (Å²) in [5.41, 5.74) is 1.61. The minimum absolute atomic E-state index is 0.0447. The van der Waals surface area contributed by atoms with Crippen molar-refractivity contribution >= 4 is 11.7 Å². The van der Waals surface area contributed by atoms with Crippen molar-refractivity contribution in [1.29, 1.82) is 0 Å². The van der Waals surface area contributed by atoms with Crippen LogP contribution in [0.15, 0.2) is 66.9 Å². The lowest BCUT2D eigenvalue weighted by atomic mass is 10.0. The van der Waals surface area contributed by atoms with E-state index in [1.165, 1.54) is 0 Å². The van der Waals surface area contributed by atoms with Crippen molar-refractivity contribution < 1.29 is 14.3 Å². The first-order chi connectivity index (χ1) is 15.2. The Morgan fingerprint density at radius 1 is 1.13 bits per heavy atom. The Kier molecular flexibility index (Phi) is 6.62. The lowest BCUT2D eigenvalue weighted by Crippen LogP contribution is -2.48. The normalized spacial score (nSPS) is 15.9. The van der Waals surface area contributed by atoms with Crippen LogP contribution >= 0.6 is 0 Å². The van der Waals surface area contributed by atoms with Crippen LogP contribution in [-0.2, 0) is 6.61 Å². The molecule has 1 N–H and O–H groups in total. The largest absolute Gasteiger partial charge is 0.493 e. The van der Waals surface area contributed by atoms with Crippen molar-refractivity contribution in [2.45, 2.75) is 25.5 Å². The fourth-order valence-electron chi connectivity index (χ4n) is 3.70. The molecule has 0 bridgehead atoms. The number of aromatic nitrogens is 2. The highest BCUT2D eigenvalue weighted by Gasteiger charge is 2.23. The molecule has 0 radical (unpaired) electrons. The maximum Gasteiger partial charge on any atom is 0.251 e. The monoisotopic (exact) mass is 418 g/mol. The van der Waals surface area contributed by atoms with Gasteiger partial charge in [-0.1, -0.05) is 30.3 Å². The number of benzene rings is 2. The predicted molar refractivity (Wildman–Crippen MR) is 119 cm³/mol. The highest BCUT2D eigenvalue weighted by molar-refractivity contribution is 5.95. The van der Waals surface area contributed by atoms with Crippen molar-refractivity contribution in [1.82, 2.24) is 15.5 Å². The number of rotatable bonds is 7. The van der Waals surface area contributed by atoms with Crippen LogP contribution in [-0.4, -0.2) is 42.3 Å². The average Bonchev–Trinajstić information content (AvgIpc) is 2.84. The number of methoxy groups -OCH3 is 1. The molecule has 1 aromatic heterocycles. The molecule has 0 saturated carbocycles. The summed E-state index contributed by atoms with van der Waals surface area (Å²) in [6, 6.07) is 19.0. The van der Waals surface area contributed by atoms with Gasteiger partial charge in [0.2, 0.25) is 0 Å². The number of piperidine rings is 1. The average molecular weight is 418 g/mol. The smallest absolute Gasteiger partial charge is 0.251 e. The zero-order valence-electron chi connectivity index (χ0n) is 17.5. The van der Waals surface area contributed by atoms with Gasteiger partial charge in [0.15, 0.2) is 17.3 Å². The van der Waals surface area contributed by atoms with Crippen LogP contribution in [0.2, 0.25) is 0 Å². The zero-order chi connectivity index (χ0) is 21.5. The lowest BCUT2D eigenvalue weighted by molar-refractivity contribution is 0.0932. The van der Waals surface area contributed by atoms with E-state index in [2.05, 4.69) is 20.4 Å². The van der Waals surface area contributed by atoms with Gasteiger partial charge in [-0.15, -0.1) is 5.10 Å². The number of amides is 1. The van der Waals surface area contributed by atoms with Crippen LogP contribution in [0.5, 0.6) is 11.5 Å². The van der Waals surface area contributed by atoms with E-state index < -0.39 is 0 Å². The Hall–Kier alpha value is -3.61. The van der Waals surface area contributed by atoms with E-state index in [4.69, 9.17) is 9.47 Å². The summed E-state index contributed by atoms with van der Waals surface area (Å²) in [6.45, 7) is 2.05. The molecular formula is C24H26N4O3. The predicted octanol–water partition coefficient (Wildman–Crippen LogP) is 3.46. The third-order valence-electron chi connectivity index (χ3n) is 5.30. The third-order valence-corrected chi connectivity index (χ3v) is 5.30. The number of nitrogens with one attached hydrogen (secondary N) is 1. The van der Waals surface area contributed by atoms with Crippen molar-refractivity contribution in [3.05, 3.63) is 78.0 Å². The van der Waals surface area contributed by atoms with Crippen molar-refractivity contribution in [3.8, 4) is 11.5 Å². The summed E-state index contributed by atoms with van der Waals surface area (Å²) >= 11 is 0. The van der Waals surface area contributed by atoms with Gasteiger partial charge < -0.3 is 19.7 Å². The summed E-state index contributed by atoms with van der Waals surface area (Å²) < 4.78 is 11.3. The molecule has 0 aliphatic carbocycles. The molecule has 160 valence electrons. The van der Waals surface area contributed by atoms with E-state index in [0.717, 1.165) is 30.8 Å². The number of hydrogen-bond donors (Lipinski definition) is 1. The molecule has 0 spiro atoms. The van der Waals surface area contributed by atoms with Gasteiger partial charge in [-0.2, -0.15) is 5.10 Å². The maximum atomic E-state index is 12.9. The SMILES string of the molecule is COc1cc(C(=O)NC2CCCN(c3cccnn3)C2)ccc1OCc1ccccc1. The number of carbonyl (C=O) groups is 1. The highest BCUT2D eigenvalue weighted by Crippen LogP contribution is 2.29. The van der Waals surface area contributed by atoms with Crippen LogP contribution in [0, 0.1) is 0 Å². The van der Waals surface area contributed by atoms with E-state index in [0.29, 0.717) is 30.2 Å². The number of hydrogen-bond acceptors (Lipinski definition) is 6. The second-order valence-corrected chi connectivity index (χ2v) is 7.48. The number of ether oxygens (including phenoxy) is 2. The van der Waals surface area contributed by atoms with Gasteiger partial charge in [0.1, 0.15) is 6.61 Å². The fraction of sp³-hybridized carbons (Fsp3) is 0.292. The van der Waals surface area contributed by atoms with Gasteiger partial charge in [-0.25, -0.2) is 0 Å². The lowest BCUT2D eigenvalue weighted by Gasteiger charge is -2.33. The molecule has 31 heavy (non-hydrogen) atoms. The summed E-state index contributed by atoms with van der Waals surface area (Å²) in [7, 11) is 1.58. The standard InChI is InChI=1S/C24H26N4O3/c1-30-22-15-19(11-12-21(22)31-17-18-7-3-2-4-8-18)24(29)26-20-9-6-14-28(16-20)23-10-5-13-25-27-23/h2-5,7-8,10-13,15,20H,6,9,14,16-17H2,1H3,(H,26,29). The van der Waals surface area contributed by atoms with Gasteiger partial charge in [-0.05, 0) is 48.7 Å². The van der Waals surface area contributed by atoms with Crippen LogP contribution < -0.4 is 19.7 Å². The molecule has 1 aliphatic heterocycles. The first-order valence-corrected chi connectivity index (χ1v) is 10.4. The van der Waals surface area contributed by atoms with Gasteiger partial charge in [0, 0.05) is 30.9 Å². The van der Waals surface area contributed by atoms with E-state index in [9.17, 15) is 4.79 Å². The first kappa shape index (κ1) is 20.7. The van der Waals surface area contributed by atoms with Gasteiger partial charge in [0.25, 0.3) is 5.91 Å². The van der Waals surface area contributed by atoms with E-state index >= 15 is 0 Å². The highest BCUT2D eigenvalue weighted by atomic mass is 16.5. The molecule has 2 heterocycles.